The van der Waals surface area contributed by atoms with Gasteiger partial charge in [-0.25, -0.2) is 9.78 Å². The van der Waals surface area contributed by atoms with E-state index >= 15 is 0 Å². The summed E-state index contributed by atoms with van der Waals surface area (Å²) >= 11 is 1.23. The monoisotopic (exact) mass is 300 g/mol. The summed E-state index contributed by atoms with van der Waals surface area (Å²) in [5.41, 5.74) is 5.71. The van der Waals surface area contributed by atoms with Gasteiger partial charge in [0, 0.05) is 41.3 Å². The van der Waals surface area contributed by atoms with Crippen molar-refractivity contribution < 1.29 is 9.59 Å². The van der Waals surface area contributed by atoms with Gasteiger partial charge in [0.1, 0.15) is 10.7 Å². The molecule has 1 aromatic rings. The van der Waals surface area contributed by atoms with E-state index in [2.05, 4.69) is 15.6 Å². The van der Waals surface area contributed by atoms with Crippen LogP contribution in [-0.4, -0.2) is 63.1 Å². The maximum Gasteiger partial charge on any atom is 0.316 e. The highest BCUT2D eigenvalue weighted by molar-refractivity contribution is 7.18. The van der Waals surface area contributed by atoms with Crippen LogP contribution in [0.15, 0.2) is 0 Å². The molecule has 112 valence electrons. The van der Waals surface area contributed by atoms with Gasteiger partial charge < -0.3 is 26.2 Å². The molecule has 0 saturated heterocycles. The summed E-state index contributed by atoms with van der Waals surface area (Å²) in [4.78, 5) is 30.9. The molecule has 0 spiro atoms. The summed E-state index contributed by atoms with van der Waals surface area (Å²) in [6.07, 6.45) is 0. The molecule has 0 aliphatic carbocycles. The summed E-state index contributed by atoms with van der Waals surface area (Å²) in [5, 5.41) is 6.01. The second kappa shape index (κ2) is 6.94. The first-order chi connectivity index (χ1) is 9.32. The third kappa shape index (κ3) is 4.26. The number of nitrogens with zero attached hydrogens (tertiary/aromatic N) is 3. The lowest BCUT2D eigenvalue weighted by Gasteiger charge is -2.11. The van der Waals surface area contributed by atoms with Gasteiger partial charge in [-0.05, 0) is 0 Å². The molecule has 1 heterocycles. The SMILES string of the molecule is CN(C)C(=O)NCCNC(=O)c1sc(N(C)C)nc1N. The number of thiazole rings is 1. The van der Waals surface area contributed by atoms with Gasteiger partial charge in [0.05, 0.1) is 0 Å². The van der Waals surface area contributed by atoms with Crippen LogP contribution in [0.4, 0.5) is 15.7 Å². The summed E-state index contributed by atoms with van der Waals surface area (Å²) in [6.45, 7) is 0.676. The molecular weight excluding hydrogens is 280 g/mol. The fraction of sp³-hybridized carbons (Fsp3) is 0.545. The first-order valence-electron chi connectivity index (χ1n) is 6.00. The molecule has 0 aliphatic rings. The molecule has 3 amide bonds. The number of rotatable bonds is 5. The number of amides is 3. The van der Waals surface area contributed by atoms with Gasteiger partial charge >= 0.3 is 6.03 Å². The Morgan fingerprint density at radius 3 is 2.30 bits per heavy atom. The van der Waals surface area contributed by atoms with Crippen molar-refractivity contribution in [1.82, 2.24) is 20.5 Å². The van der Waals surface area contributed by atoms with E-state index in [1.165, 1.54) is 16.2 Å². The zero-order valence-electron chi connectivity index (χ0n) is 12.1. The number of carbonyl (C=O) groups excluding carboxylic acids is 2. The van der Waals surface area contributed by atoms with Crippen LogP contribution in [0.2, 0.25) is 0 Å². The van der Waals surface area contributed by atoms with Crippen molar-refractivity contribution in [1.29, 1.82) is 0 Å². The first kappa shape index (κ1) is 16.0. The molecular formula is C11H20N6O2S. The maximum atomic E-state index is 11.9. The predicted octanol–water partition coefficient (Wildman–Crippen LogP) is -0.208. The van der Waals surface area contributed by atoms with Crippen molar-refractivity contribution in [2.75, 3.05) is 51.9 Å². The molecule has 0 aliphatic heterocycles. The van der Waals surface area contributed by atoms with Gasteiger partial charge in [-0.15, -0.1) is 0 Å². The second-order valence-electron chi connectivity index (χ2n) is 4.49. The van der Waals surface area contributed by atoms with E-state index in [0.717, 1.165) is 0 Å². The van der Waals surface area contributed by atoms with Crippen molar-refractivity contribution in [2.24, 2.45) is 0 Å². The van der Waals surface area contributed by atoms with Gasteiger partial charge in [0.15, 0.2) is 5.13 Å². The van der Waals surface area contributed by atoms with E-state index in [1.54, 1.807) is 19.0 Å². The molecule has 4 N–H and O–H groups in total. The largest absolute Gasteiger partial charge is 0.382 e. The molecule has 1 aromatic heterocycles. The fourth-order valence-electron chi connectivity index (χ4n) is 1.26. The minimum Gasteiger partial charge on any atom is -0.382 e. The van der Waals surface area contributed by atoms with Crippen LogP contribution >= 0.6 is 11.3 Å². The van der Waals surface area contributed by atoms with E-state index in [9.17, 15) is 9.59 Å². The molecule has 0 atom stereocenters. The Kier molecular flexibility index (Phi) is 5.56. The third-order valence-electron chi connectivity index (χ3n) is 2.32. The highest BCUT2D eigenvalue weighted by atomic mass is 32.1. The van der Waals surface area contributed by atoms with E-state index in [4.69, 9.17) is 5.73 Å². The highest BCUT2D eigenvalue weighted by Crippen LogP contribution is 2.26. The van der Waals surface area contributed by atoms with Gasteiger partial charge in [-0.3, -0.25) is 4.79 Å². The van der Waals surface area contributed by atoms with E-state index in [1.807, 2.05) is 14.1 Å². The molecule has 0 fully saturated rings. The molecule has 1 rings (SSSR count). The second-order valence-corrected chi connectivity index (χ2v) is 5.47. The molecule has 0 bridgehead atoms. The zero-order chi connectivity index (χ0) is 15.3. The minimum atomic E-state index is -0.285. The molecule has 9 heteroatoms. The summed E-state index contributed by atoms with van der Waals surface area (Å²) in [6, 6.07) is -0.202. The van der Waals surface area contributed by atoms with Crippen LogP contribution in [0.1, 0.15) is 9.67 Å². The number of urea groups is 1. The molecule has 8 nitrogen and oxygen atoms in total. The number of nitrogens with two attached hydrogens (primary N) is 1. The van der Waals surface area contributed by atoms with E-state index < -0.39 is 0 Å². The molecule has 0 aromatic carbocycles. The predicted molar refractivity (Wildman–Crippen MR) is 80.3 cm³/mol. The quantitative estimate of drug-likeness (QED) is 0.653. The Bertz CT molecular complexity index is 485. The van der Waals surface area contributed by atoms with Gasteiger partial charge in [0.2, 0.25) is 0 Å². The average Bonchev–Trinajstić information content (AvgIpc) is 2.76. The van der Waals surface area contributed by atoms with Crippen LogP contribution in [0.5, 0.6) is 0 Å². The Morgan fingerprint density at radius 1 is 1.20 bits per heavy atom. The van der Waals surface area contributed by atoms with Crippen LogP contribution in [0.3, 0.4) is 0 Å². The maximum absolute atomic E-state index is 11.9. The molecule has 0 radical (unpaired) electrons. The summed E-state index contributed by atoms with van der Waals surface area (Å²) in [5.74, 6) is -0.0688. The summed E-state index contributed by atoms with van der Waals surface area (Å²) < 4.78 is 0. The molecule has 0 saturated carbocycles. The van der Waals surface area contributed by atoms with Crippen molar-refractivity contribution in [3.05, 3.63) is 4.88 Å². The zero-order valence-corrected chi connectivity index (χ0v) is 12.9. The van der Waals surface area contributed by atoms with Crippen LogP contribution in [-0.2, 0) is 0 Å². The van der Waals surface area contributed by atoms with Gasteiger partial charge in [-0.2, -0.15) is 0 Å². The lowest BCUT2D eigenvalue weighted by atomic mass is 10.4. The Morgan fingerprint density at radius 2 is 1.80 bits per heavy atom. The standard InChI is InChI=1S/C11H20N6O2S/c1-16(2)10(19)14-6-5-13-9(18)7-8(12)15-11(20-7)17(3)4/h5-6,12H2,1-4H3,(H,13,18)(H,14,19). The Hall–Kier alpha value is -2.03. The molecule has 20 heavy (non-hydrogen) atoms. The number of aromatic nitrogens is 1. The van der Waals surface area contributed by atoms with Crippen molar-refractivity contribution in [3.8, 4) is 0 Å². The molecule has 0 unspecified atom stereocenters. The number of nitrogens with one attached hydrogen (secondary N) is 2. The summed E-state index contributed by atoms with van der Waals surface area (Å²) in [7, 11) is 6.96. The number of anilines is 2. The van der Waals surface area contributed by atoms with Crippen molar-refractivity contribution >= 4 is 34.2 Å². The van der Waals surface area contributed by atoms with Gasteiger partial charge in [-0.1, -0.05) is 11.3 Å². The normalized spacial score (nSPS) is 10.0. The number of hydrogen-bond donors (Lipinski definition) is 3. The number of nitrogen functional groups attached to an aromatic ring is 1. The third-order valence-corrected chi connectivity index (χ3v) is 3.56. The van der Waals surface area contributed by atoms with E-state index in [0.29, 0.717) is 23.1 Å². The fourth-order valence-corrected chi connectivity index (χ4v) is 2.08. The first-order valence-corrected chi connectivity index (χ1v) is 6.81. The van der Waals surface area contributed by atoms with Crippen LogP contribution in [0, 0.1) is 0 Å². The Labute approximate surface area is 121 Å². The van der Waals surface area contributed by atoms with Crippen LogP contribution in [0.25, 0.3) is 0 Å². The van der Waals surface area contributed by atoms with Crippen molar-refractivity contribution in [3.63, 3.8) is 0 Å². The lowest BCUT2D eigenvalue weighted by Crippen LogP contribution is -2.39. The number of hydrogen-bond acceptors (Lipinski definition) is 6. The minimum absolute atomic E-state index is 0.202. The van der Waals surface area contributed by atoms with Crippen LogP contribution < -0.4 is 21.3 Å². The lowest BCUT2D eigenvalue weighted by molar-refractivity contribution is 0.0958. The number of carbonyl (C=O) groups is 2. The smallest absolute Gasteiger partial charge is 0.316 e. The van der Waals surface area contributed by atoms with Gasteiger partial charge in [0.25, 0.3) is 5.91 Å². The average molecular weight is 300 g/mol. The highest BCUT2D eigenvalue weighted by Gasteiger charge is 2.16. The van der Waals surface area contributed by atoms with E-state index in [-0.39, 0.29) is 17.8 Å². The topological polar surface area (TPSA) is 104 Å². The van der Waals surface area contributed by atoms with Crippen molar-refractivity contribution in [2.45, 2.75) is 0 Å². The Balaban J connectivity index is 2.45.